The monoisotopic (exact) mass is 324 g/mol. The van der Waals surface area contributed by atoms with Crippen molar-refractivity contribution in [1.82, 2.24) is 15.3 Å². The number of ether oxygens (including phenoxy) is 1. The number of nitrogens with one attached hydrogen (secondary N) is 1. The van der Waals surface area contributed by atoms with E-state index in [1.54, 1.807) is 62.8 Å². The minimum Gasteiger partial charge on any atom is -0.497 e. The first-order chi connectivity index (χ1) is 11.5. The minimum absolute atomic E-state index is 0.446. The minimum atomic E-state index is -1.17. The highest BCUT2D eigenvalue weighted by atomic mass is 16.5. The highest BCUT2D eigenvalue weighted by Gasteiger charge is 2.49. The fourth-order valence-corrected chi connectivity index (χ4v) is 2.43. The summed E-state index contributed by atoms with van der Waals surface area (Å²) in [6.45, 7) is 1.65. The maximum Gasteiger partial charge on any atom is 0.346 e. The molecule has 1 fully saturated rings. The van der Waals surface area contributed by atoms with Crippen LogP contribution in [0.2, 0.25) is 0 Å². The average Bonchev–Trinajstić information content (AvgIpc) is 2.84. The molecular weight excluding hydrogens is 308 g/mol. The number of urea groups is 1. The number of hydrogen-bond donors (Lipinski definition) is 1. The van der Waals surface area contributed by atoms with Crippen LogP contribution < -0.4 is 10.1 Å². The van der Waals surface area contributed by atoms with Crippen molar-refractivity contribution in [2.24, 2.45) is 5.10 Å². The van der Waals surface area contributed by atoms with Gasteiger partial charge in [-0.15, -0.1) is 5.01 Å². The first-order valence-corrected chi connectivity index (χ1v) is 7.30. The van der Waals surface area contributed by atoms with E-state index in [2.05, 4.69) is 15.4 Å². The van der Waals surface area contributed by atoms with Crippen molar-refractivity contribution in [2.75, 3.05) is 7.11 Å². The number of pyridine rings is 1. The van der Waals surface area contributed by atoms with Crippen LogP contribution in [0, 0.1) is 0 Å². The number of hydrazone groups is 1. The summed E-state index contributed by atoms with van der Waals surface area (Å²) in [4.78, 5) is 28.8. The molecule has 0 aliphatic carbocycles. The number of carbonyl (C=O) groups excluding carboxylic acids is 2. The topological polar surface area (TPSA) is 83.9 Å². The molecule has 1 N–H and O–H groups in total. The molecule has 122 valence electrons. The van der Waals surface area contributed by atoms with Crippen molar-refractivity contribution in [2.45, 2.75) is 12.5 Å². The Balaban J connectivity index is 1.86. The van der Waals surface area contributed by atoms with E-state index in [4.69, 9.17) is 4.74 Å². The summed E-state index contributed by atoms with van der Waals surface area (Å²) in [7, 11) is 1.56. The van der Waals surface area contributed by atoms with Crippen molar-refractivity contribution in [3.63, 3.8) is 0 Å². The second-order valence-corrected chi connectivity index (χ2v) is 5.43. The molecule has 1 aliphatic rings. The van der Waals surface area contributed by atoms with Crippen LogP contribution in [0.4, 0.5) is 4.79 Å². The van der Waals surface area contributed by atoms with Crippen molar-refractivity contribution in [3.8, 4) is 5.75 Å². The molecule has 0 spiro atoms. The van der Waals surface area contributed by atoms with Gasteiger partial charge in [-0.05, 0) is 30.7 Å². The van der Waals surface area contributed by atoms with Crippen LogP contribution in [0.3, 0.4) is 0 Å². The van der Waals surface area contributed by atoms with Crippen LogP contribution in [0.5, 0.6) is 5.75 Å². The lowest BCUT2D eigenvalue weighted by atomic mass is 9.92. The first-order valence-electron chi connectivity index (χ1n) is 7.30. The molecule has 7 heteroatoms. The summed E-state index contributed by atoms with van der Waals surface area (Å²) in [5.41, 5.74) is 0.173. The molecule has 3 rings (SSSR count). The van der Waals surface area contributed by atoms with Crippen molar-refractivity contribution in [1.29, 1.82) is 0 Å². The molecule has 3 amide bonds. The Bertz CT molecular complexity index is 789. The molecule has 0 bridgehead atoms. The number of aromatic nitrogens is 1. The number of hydrogen-bond acceptors (Lipinski definition) is 5. The van der Waals surface area contributed by atoms with E-state index in [0.29, 0.717) is 16.9 Å². The maximum atomic E-state index is 12.7. The largest absolute Gasteiger partial charge is 0.497 e. The van der Waals surface area contributed by atoms with E-state index in [1.807, 2.05) is 0 Å². The Hall–Kier alpha value is -3.22. The molecule has 1 aromatic heterocycles. The summed E-state index contributed by atoms with van der Waals surface area (Å²) in [6.07, 6.45) is 4.64. The Morgan fingerprint density at radius 1 is 1.25 bits per heavy atom. The first kappa shape index (κ1) is 15.7. The number of carbonyl (C=O) groups is 2. The van der Waals surface area contributed by atoms with E-state index < -0.39 is 17.5 Å². The zero-order valence-electron chi connectivity index (χ0n) is 13.3. The van der Waals surface area contributed by atoms with Gasteiger partial charge in [-0.3, -0.25) is 9.78 Å². The van der Waals surface area contributed by atoms with Crippen LogP contribution in [-0.2, 0) is 10.3 Å². The number of rotatable bonds is 4. The van der Waals surface area contributed by atoms with Gasteiger partial charge in [0.25, 0.3) is 5.91 Å². The third kappa shape index (κ3) is 2.71. The zero-order valence-corrected chi connectivity index (χ0v) is 13.3. The number of nitrogens with zero attached hydrogens (tertiary/aromatic N) is 3. The fourth-order valence-electron chi connectivity index (χ4n) is 2.43. The highest BCUT2D eigenvalue weighted by molar-refractivity contribution is 6.07. The molecule has 0 radical (unpaired) electrons. The maximum absolute atomic E-state index is 12.7. The summed E-state index contributed by atoms with van der Waals surface area (Å²) < 4.78 is 5.11. The van der Waals surface area contributed by atoms with Gasteiger partial charge in [-0.25, -0.2) is 4.79 Å². The fraction of sp³-hybridized carbons (Fsp3) is 0.176. The molecule has 1 saturated heterocycles. The highest BCUT2D eigenvalue weighted by Crippen LogP contribution is 2.30. The standard InChI is InChI=1S/C17H16N4O3/c1-17(13-5-7-14(24-2)8-6-13)15(22)21(16(23)20-17)19-11-12-4-3-9-18-10-12/h3-11H,1-2H3,(H,20,23)/b19-11+. The van der Waals surface area contributed by atoms with Gasteiger partial charge in [-0.1, -0.05) is 18.2 Å². The summed E-state index contributed by atoms with van der Waals surface area (Å²) in [6, 6.07) is 9.91. The second-order valence-electron chi connectivity index (χ2n) is 5.43. The van der Waals surface area contributed by atoms with Crippen molar-refractivity contribution < 1.29 is 14.3 Å². The lowest BCUT2D eigenvalue weighted by Gasteiger charge is -2.21. The molecule has 2 heterocycles. The number of imide groups is 1. The van der Waals surface area contributed by atoms with Gasteiger partial charge in [-0.2, -0.15) is 5.10 Å². The normalized spacial score (nSPS) is 20.5. The zero-order chi connectivity index (χ0) is 17.2. The van der Waals surface area contributed by atoms with Crippen molar-refractivity contribution in [3.05, 3.63) is 59.9 Å². The van der Waals surface area contributed by atoms with Gasteiger partial charge < -0.3 is 10.1 Å². The average molecular weight is 324 g/mol. The quantitative estimate of drug-likeness (QED) is 0.687. The summed E-state index contributed by atoms with van der Waals surface area (Å²) in [5.74, 6) is 0.225. The SMILES string of the molecule is COc1ccc(C2(C)NC(=O)N(/N=C/c3cccnc3)C2=O)cc1. The molecule has 0 saturated carbocycles. The van der Waals surface area contributed by atoms with E-state index >= 15 is 0 Å². The number of benzene rings is 1. The van der Waals surface area contributed by atoms with Gasteiger partial charge in [0.2, 0.25) is 0 Å². The van der Waals surface area contributed by atoms with Crippen LogP contribution in [0.15, 0.2) is 53.9 Å². The molecule has 1 aliphatic heterocycles. The molecule has 24 heavy (non-hydrogen) atoms. The molecular formula is C17H16N4O3. The smallest absolute Gasteiger partial charge is 0.346 e. The van der Waals surface area contributed by atoms with E-state index in [-0.39, 0.29) is 0 Å². The lowest BCUT2D eigenvalue weighted by molar-refractivity contribution is -0.131. The van der Waals surface area contributed by atoms with Crippen LogP contribution >= 0.6 is 0 Å². The summed E-state index contributed by atoms with van der Waals surface area (Å²) >= 11 is 0. The van der Waals surface area contributed by atoms with Crippen molar-refractivity contribution >= 4 is 18.2 Å². The van der Waals surface area contributed by atoms with Gasteiger partial charge in [0.1, 0.15) is 11.3 Å². The number of methoxy groups -OCH3 is 1. The third-order valence-electron chi connectivity index (χ3n) is 3.84. The lowest BCUT2D eigenvalue weighted by Crippen LogP contribution is -2.40. The van der Waals surface area contributed by atoms with Crippen LogP contribution in [0.1, 0.15) is 18.1 Å². The molecule has 7 nitrogen and oxygen atoms in total. The third-order valence-corrected chi connectivity index (χ3v) is 3.84. The van der Waals surface area contributed by atoms with Crippen LogP contribution in [0.25, 0.3) is 0 Å². The summed E-state index contributed by atoms with van der Waals surface area (Å²) in [5, 5.41) is 7.51. The molecule has 1 unspecified atom stereocenters. The molecule has 2 aromatic rings. The Morgan fingerprint density at radius 3 is 2.62 bits per heavy atom. The predicted octanol–water partition coefficient (Wildman–Crippen LogP) is 1.89. The number of amides is 3. The van der Waals surface area contributed by atoms with Gasteiger partial charge >= 0.3 is 6.03 Å². The Kier molecular flexibility index (Phi) is 3.99. The molecule has 1 aromatic carbocycles. The van der Waals surface area contributed by atoms with E-state index in [0.717, 1.165) is 5.01 Å². The Labute approximate surface area is 139 Å². The predicted molar refractivity (Wildman–Crippen MR) is 87.6 cm³/mol. The van der Waals surface area contributed by atoms with Gasteiger partial charge in [0.05, 0.1) is 13.3 Å². The molecule has 1 atom stereocenters. The second kappa shape index (κ2) is 6.11. The van der Waals surface area contributed by atoms with E-state index in [1.165, 1.54) is 6.21 Å². The van der Waals surface area contributed by atoms with Crippen LogP contribution in [-0.4, -0.2) is 35.3 Å². The van der Waals surface area contributed by atoms with E-state index in [9.17, 15) is 9.59 Å². The van der Waals surface area contributed by atoms with Gasteiger partial charge in [0.15, 0.2) is 0 Å². The van der Waals surface area contributed by atoms with Gasteiger partial charge in [0, 0.05) is 18.0 Å². The Morgan fingerprint density at radius 2 is 2.00 bits per heavy atom.